The molecule has 2 aromatic rings. The number of thioether (sulfide) groups is 1. The lowest BCUT2D eigenvalue weighted by atomic mass is 9.99. The minimum atomic E-state index is -1.98. The van der Waals surface area contributed by atoms with Gasteiger partial charge in [0, 0.05) is 31.6 Å². The fourth-order valence-corrected chi connectivity index (χ4v) is 5.83. The van der Waals surface area contributed by atoms with Crippen LogP contribution in [-0.4, -0.2) is 93.8 Å². The molecule has 0 bridgehead atoms. The Labute approximate surface area is 207 Å². The van der Waals surface area contributed by atoms with E-state index in [0.29, 0.717) is 37.4 Å². The number of hydrogen-bond acceptors (Lipinski definition) is 11. The first-order chi connectivity index (χ1) is 17.1. The number of carbonyl (C=O) groups excluding carboxylic acids is 1. The van der Waals surface area contributed by atoms with E-state index in [-0.39, 0.29) is 15.8 Å². The van der Waals surface area contributed by atoms with Gasteiger partial charge in [-0.1, -0.05) is 11.8 Å². The maximum Gasteiger partial charge on any atom is 0.347 e. The summed E-state index contributed by atoms with van der Waals surface area (Å²) in [5.41, 5.74) is -0.426. The molecule has 1 aromatic carbocycles. The van der Waals surface area contributed by atoms with Crippen LogP contribution >= 0.6 is 11.8 Å². The topological polar surface area (TPSA) is 171 Å². The number of hydrogen-bond donors (Lipinski definition) is 5. The Morgan fingerprint density at radius 2 is 1.86 bits per heavy atom. The summed E-state index contributed by atoms with van der Waals surface area (Å²) in [7, 11) is 0. The largest absolute Gasteiger partial charge is 0.479 e. The van der Waals surface area contributed by atoms with Crippen molar-refractivity contribution in [1.29, 1.82) is 0 Å². The van der Waals surface area contributed by atoms with Crippen molar-refractivity contribution < 1.29 is 43.9 Å². The van der Waals surface area contributed by atoms with Gasteiger partial charge in [-0.2, -0.15) is 0 Å². The number of anilines is 1. The Morgan fingerprint density at radius 1 is 1.17 bits per heavy atom. The van der Waals surface area contributed by atoms with Crippen LogP contribution in [0, 0.1) is 5.82 Å². The average molecular weight is 526 g/mol. The molecule has 2 fully saturated rings. The number of aliphatic hydroxyl groups excluding tert-OH is 3. The molecule has 0 saturated carbocycles. The second kappa shape index (κ2) is 9.28. The van der Waals surface area contributed by atoms with Crippen LogP contribution in [0.15, 0.2) is 22.0 Å². The zero-order valence-corrected chi connectivity index (χ0v) is 19.8. The number of carboxylic acid groups (broad SMARTS) is 1. The van der Waals surface area contributed by atoms with Crippen LogP contribution in [0.3, 0.4) is 0 Å². The van der Waals surface area contributed by atoms with E-state index in [1.807, 2.05) is 11.8 Å². The zero-order chi connectivity index (χ0) is 25.9. The van der Waals surface area contributed by atoms with E-state index in [1.54, 1.807) is 10.6 Å². The maximum absolute atomic E-state index is 15.1. The number of nitrogens with zero attached hydrogens (tertiary/aromatic N) is 2. The molecule has 14 heteroatoms. The van der Waals surface area contributed by atoms with Crippen LogP contribution in [0.25, 0.3) is 10.9 Å². The Hall–Kier alpha value is -2.75. The van der Waals surface area contributed by atoms with Gasteiger partial charge in [0.2, 0.25) is 11.7 Å². The van der Waals surface area contributed by atoms with Crippen molar-refractivity contribution in [3.05, 3.63) is 33.7 Å². The molecule has 3 aliphatic heterocycles. The number of nitrogens with one attached hydrogen (secondary N) is 1. The van der Waals surface area contributed by atoms with Gasteiger partial charge in [-0.3, -0.25) is 4.79 Å². The fourth-order valence-electron chi connectivity index (χ4n) is 4.68. The maximum atomic E-state index is 15.1. The van der Waals surface area contributed by atoms with Gasteiger partial charge in [-0.05, 0) is 19.1 Å². The lowest BCUT2D eigenvalue weighted by molar-refractivity contribution is -0.278. The highest BCUT2D eigenvalue weighted by Gasteiger charge is 2.49. The van der Waals surface area contributed by atoms with Gasteiger partial charge in [-0.15, -0.1) is 0 Å². The summed E-state index contributed by atoms with van der Waals surface area (Å²) in [4.78, 5) is 39.6. The molecule has 0 unspecified atom stereocenters. The van der Waals surface area contributed by atoms with E-state index in [0.717, 1.165) is 6.07 Å². The van der Waals surface area contributed by atoms with Crippen molar-refractivity contribution in [2.75, 3.05) is 31.1 Å². The molecule has 6 atom stereocenters. The number of benzene rings is 1. The normalized spacial score (nSPS) is 30.0. The van der Waals surface area contributed by atoms with Gasteiger partial charge in [0.25, 0.3) is 0 Å². The average Bonchev–Trinajstić information content (AvgIpc) is 2.84. The number of carbonyl (C=O) groups is 2. The molecule has 0 radical (unpaired) electrons. The highest BCUT2D eigenvalue weighted by Crippen LogP contribution is 2.47. The molecule has 4 heterocycles. The highest BCUT2D eigenvalue weighted by atomic mass is 32.2. The van der Waals surface area contributed by atoms with Crippen molar-refractivity contribution in [3.8, 4) is 0 Å². The summed E-state index contributed by atoms with van der Waals surface area (Å²) in [6, 6.07) is 2.68. The van der Waals surface area contributed by atoms with E-state index in [4.69, 9.17) is 9.47 Å². The number of carboxylic acids is 1. The number of halogens is 1. The summed E-state index contributed by atoms with van der Waals surface area (Å²) in [5.74, 6) is -3.51. The van der Waals surface area contributed by atoms with Gasteiger partial charge in [-0.25, -0.2) is 14.0 Å². The van der Waals surface area contributed by atoms with Crippen LogP contribution in [-0.2, 0) is 14.3 Å². The van der Waals surface area contributed by atoms with E-state index in [9.17, 15) is 34.8 Å². The smallest absolute Gasteiger partial charge is 0.347 e. The molecule has 12 nitrogen and oxygen atoms in total. The third-order valence-corrected chi connectivity index (χ3v) is 7.75. The molecular formula is C22H24FN3O9S. The summed E-state index contributed by atoms with van der Waals surface area (Å²) in [6.45, 7) is 4.41. The Kier molecular flexibility index (Phi) is 6.43. The molecule has 0 aliphatic carbocycles. The minimum absolute atomic E-state index is 0.0433. The summed E-state index contributed by atoms with van der Waals surface area (Å²) in [6.07, 6.45) is -9.87. The Morgan fingerprint density at radius 3 is 2.50 bits per heavy atom. The predicted molar refractivity (Wildman–Crippen MR) is 124 cm³/mol. The first kappa shape index (κ1) is 24.9. The molecular weight excluding hydrogens is 501 g/mol. The monoisotopic (exact) mass is 525 g/mol. The van der Waals surface area contributed by atoms with Crippen LogP contribution in [0.5, 0.6) is 0 Å². The van der Waals surface area contributed by atoms with Crippen molar-refractivity contribution in [1.82, 2.24) is 9.88 Å². The van der Waals surface area contributed by atoms with Crippen LogP contribution in [0.1, 0.15) is 22.7 Å². The number of piperazine rings is 1. The van der Waals surface area contributed by atoms with Crippen LogP contribution < -0.4 is 15.6 Å². The van der Waals surface area contributed by atoms with Crippen molar-refractivity contribution in [3.63, 3.8) is 0 Å². The van der Waals surface area contributed by atoms with E-state index < -0.39 is 59.5 Å². The second-order valence-electron chi connectivity index (χ2n) is 8.79. The summed E-state index contributed by atoms with van der Waals surface area (Å²) in [5, 5.41) is 42.4. The zero-order valence-electron chi connectivity index (χ0n) is 19.0. The minimum Gasteiger partial charge on any atom is -0.479 e. The number of esters is 1. The number of aliphatic carboxylic acids is 1. The number of fused-ring (bicyclic) bond motifs is 3. The lowest BCUT2D eigenvalue weighted by Gasteiger charge is -2.38. The number of aliphatic hydroxyl groups is 3. The number of aromatic nitrogens is 1. The second-order valence-corrected chi connectivity index (χ2v) is 10.1. The number of ether oxygens (including phenoxy) is 2. The van der Waals surface area contributed by atoms with Gasteiger partial charge in [0.15, 0.2) is 6.10 Å². The SMILES string of the molecule is C[C@@H]1Sc2c(C(=O)O[C@@H]3O[C@H](C(=O)O)[C@@H](O)[C@H](O)[C@H]3O)c(=O)c3cc(F)c(N4CCNCC4)cc3n21. The first-order valence-electron chi connectivity index (χ1n) is 11.3. The Bertz CT molecular complexity index is 1300. The molecule has 1 aromatic heterocycles. The first-order valence-corrected chi connectivity index (χ1v) is 12.2. The standard InChI is InChI=1S/C22H24FN3O9S/c1-8-26-11-7-12(25-4-2-24-3-5-25)10(23)6-9(11)14(27)13(19(26)36-8)21(33)35-22-17(30)15(28)16(29)18(34-22)20(31)32/h6-8,15-18,22,24,28-30H,2-5H2,1H3,(H,31,32)/t8-,15-,16-,17+,18-,22-/m0/s1. The van der Waals surface area contributed by atoms with Crippen molar-refractivity contribution in [2.24, 2.45) is 0 Å². The molecule has 0 amide bonds. The highest BCUT2D eigenvalue weighted by molar-refractivity contribution is 8.00. The van der Waals surface area contributed by atoms with E-state index >= 15 is 4.39 Å². The molecule has 5 N–H and O–H groups in total. The van der Waals surface area contributed by atoms with Gasteiger partial charge in [0.05, 0.1) is 21.6 Å². The van der Waals surface area contributed by atoms with Crippen LogP contribution in [0.2, 0.25) is 0 Å². The molecule has 5 rings (SSSR count). The third kappa shape index (κ3) is 3.93. The van der Waals surface area contributed by atoms with Crippen molar-refractivity contribution in [2.45, 2.75) is 48.0 Å². The van der Waals surface area contributed by atoms with E-state index in [1.165, 1.54) is 11.8 Å². The Balaban J connectivity index is 1.53. The predicted octanol–water partition coefficient (Wildman–Crippen LogP) is -0.777. The number of rotatable bonds is 4. The van der Waals surface area contributed by atoms with Crippen LogP contribution in [0.4, 0.5) is 10.1 Å². The number of pyridine rings is 1. The molecule has 3 aliphatic rings. The van der Waals surface area contributed by atoms with Gasteiger partial charge >= 0.3 is 11.9 Å². The third-order valence-electron chi connectivity index (χ3n) is 6.57. The van der Waals surface area contributed by atoms with Gasteiger partial charge in [0.1, 0.15) is 29.7 Å². The molecule has 0 spiro atoms. The quantitative estimate of drug-likeness (QED) is 0.316. The molecule has 36 heavy (non-hydrogen) atoms. The summed E-state index contributed by atoms with van der Waals surface area (Å²) < 4.78 is 26.9. The van der Waals surface area contributed by atoms with Gasteiger partial charge < -0.3 is 44.7 Å². The van der Waals surface area contributed by atoms with E-state index in [2.05, 4.69) is 5.32 Å². The summed E-state index contributed by atoms with van der Waals surface area (Å²) >= 11 is 1.21. The molecule has 2 saturated heterocycles. The van der Waals surface area contributed by atoms with Crippen molar-refractivity contribution >= 4 is 40.3 Å². The lowest BCUT2D eigenvalue weighted by Crippen LogP contribution is -2.60. The molecule has 194 valence electrons. The fraction of sp³-hybridized carbons (Fsp3) is 0.500.